The quantitative estimate of drug-likeness (QED) is 0.243. The summed E-state index contributed by atoms with van der Waals surface area (Å²) in [5.41, 5.74) is 1.28. The van der Waals surface area contributed by atoms with Crippen LogP contribution in [0.4, 0.5) is 10.5 Å². The van der Waals surface area contributed by atoms with Crippen molar-refractivity contribution < 1.29 is 29.2 Å². The van der Waals surface area contributed by atoms with Gasteiger partial charge in [0.05, 0.1) is 13.4 Å². The number of hydrogen-bond acceptors (Lipinski definition) is 7. The highest BCUT2D eigenvalue weighted by molar-refractivity contribution is 14.1. The van der Waals surface area contributed by atoms with Crippen LogP contribution in [0, 0.1) is 13.7 Å². The first kappa shape index (κ1) is 21.8. The van der Waals surface area contributed by atoms with Crippen LogP contribution in [0.15, 0.2) is 47.4 Å². The van der Waals surface area contributed by atoms with E-state index < -0.39 is 28.6 Å². The Kier molecular flexibility index (Phi) is 6.72. The average Bonchev–Trinajstić information content (AvgIpc) is 2.94. The van der Waals surface area contributed by atoms with E-state index in [0.29, 0.717) is 33.5 Å². The van der Waals surface area contributed by atoms with Gasteiger partial charge in [0.2, 0.25) is 0 Å². The minimum atomic E-state index is -1.27. The first-order valence-electron chi connectivity index (χ1n) is 8.37. The molecule has 2 aromatic carbocycles. The number of hydrogen-bond donors (Lipinski definition) is 1. The standard InChI is InChI=1S/C19H13IN2O7S/c20-14-7-11(8-16-18(25)21(9-17(23)24)19(26)30-16)4-5-15(14)29-10-12-2-1-3-13(6-12)22(27)28/h1-8H,9-10H2,(H,23,24)/b16-8+. The number of halogens is 1. The normalized spacial score (nSPS) is 15.0. The summed E-state index contributed by atoms with van der Waals surface area (Å²) in [4.78, 5) is 46.0. The molecule has 0 atom stereocenters. The second kappa shape index (κ2) is 9.26. The molecule has 1 aliphatic heterocycles. The fraction of sp³-hybridized carbons (Fsp3) is 0.105. The molecular formula is C19H13IN2O7S. The van der Waals surface area contributed by atoms with Crippen LogP contribution in [-0.4, -0.2) is 38.6 Å². The third-order valence-electron chi connectivity index (χ3n) is 3.94. The van der Waals surface area contributed by atoms with Crippen molar-refractivity contribution in [1.29, 1.82) is 0 Å². The smallest absolute Gasteiger partial charge is 0.323 e. The minimum Gasteiger partial charge on any atom is -0.488 e. The van der Waals surface area contributed by atoms with Gasteiger partial charge in [-0.2, -0.15) is 0 Å². The van der Waals surface area contributed by atoms with Crippen LogP contribution in [0.2, 0.25) is 0 Å². The monoisotopic (exact) mass is 540 g/mol. The number of non-ortho nitro benzene ring substituents is 1. The molecule has 30 heavy (non-hydrogen) atoms. The van der Waals surface area contributed by atoms with Gasteiger partial charge in [-0.1, -0.05) is 18.2 Å². The third kappa shape index (κ3) is 5.16. The lowest BCUT2D eigenvalue weighted by molar-refractivity contribution is -0.384. The molecule has 0 unspecified atom stereocenters. The van der Waals surface area contributed by atoms with E-state index in [1.165, 1.54) is 18.2 Å². The first-order valence-corrected chi connectivity index (χ1v) is 10.3. The number of amides is 2. The Bertz CT molecular complexity index is 1090. The summed E-state index contributed by atoms with van der Waals surface area (Å²) in [5, 5.41) is 19.0. The number of aliphatic carboxylic acids is 1. The number of imide groups is 1. The molecule has 2 amide bonds. The molecule has 0 aliphatic carbocycles. The predicted molar refractivity (Wildman–Crippen MR) is 117 cm³/mol. The van der Waals surface area contributed by atoms with Crippen LogP contribution in [0.5, 0.6) is 5.75 Å². The minimum absolute atomic E-state index is 0.0158. The fourth-order valence-electron chi connectivity index (χ4n) is 2.57. The molecule has 0 radical (unpaired) electrons. The van der Waals surface area contributed by atoms with Gasteiger partial charge in [0.15, 0.2) is 0 Å². The van der Waals surface area contributed by atoms with Crippen molar-refractivity contribution in [3.8, 4) is 5.75 Å². The molecule has 9 nitrogen and oxygen atoms in total. The molecule has 11 heteroatoms. The van der Waals surface area contributed by atoms with Gasteiger partial charge in [0, 0.05) is 12.1 Å². The van der Waals surface area contributed by atoms with Crippen LogP contribution in [0.1, 0.15) is 11.1 Å². The number of ether oxygens (including phenoxy) is 1. The van der Waals surface area contributed by atoms with Crippen LogP contribution in [0.3, 0.4) is 0 Å². The Morgan fingerprint density at radius 3 is 2.70 bits per heavy atom. The molecule has 2 aromatic rings. The number of nitro benzene ring substituents is 1. The number of nitro groups is 1. The van der Waals surface area contributed by atoms with Crippen molar-refractivity contribution in [2.24, 2.45) is 0 Å². The maximum atomic E-state index is 12.2. The summed E-state index contributed by atoms with van der Waals surface area (Å²) < 4.78 is 6.46. The van der Waals surface area contributed by atoms with Crippen LogP contribution >= 0.6 is 34.4 Å². The second-order valence-electron chi connectivity index (χ2n) is 6.07. The highest BCUT2D eigenvalue weighted by atomic mass is 127. The van der Waals surface area contributed by atoms with Crippen molar-refractivity contribution in [2.75, 3.05) is 6.54 Å². The summed E-state index contributed by atoms with van der Waals surface area (Å²) in [5.74, 6) is -1.36. The largest absolute Gasteiger partial charge is 0.488 e. The number of benzene rings is 2. The number of nitrogens with zero attached hydrogens (tertiary/aromatic N) is 2. The van der Waals surface area contributed by atoms with Crippen LogP contribution in [-0.2, 0) is 16.2 Å². The Morgan fingerprint density at radius 1 is 1.27 bits per heavy atom. The lowest BCUT2D eigenvalue weighted by Crippen LogP contribution is -2.33. The second-order valence-corrected chi connectivity index (χ2v) is 8.22. The topological polar surface area (TPSA) is 127 Å². The van der Waals surface area contributed by atoms with Gasteiger partial charge in [-0.05, 0) is 63.7 Å². The maximum absolute atomic E-state index is 12.2. The number of carboxylic acids is 1. The van der Waals surface area contributed by atoms with Gasteiger partial charge in [-0.25, -0.2) is 0 Å². The lowest BCUT2D eigenvalue weighted by Gasteiger charge is -2.09. The molecule has 1 heterocycles. The van der Waals surface area contributed by atoms with Crippen molar-refractivity contribution in [2.45, 2.75) is 6.61 Å². The number of rotatable bonds is 7. The van der Waals surface area contributed by atoms with E-state index >= 15 is 0 Å². The highest BCUT2D eigenvalue weighted by Crippen LogP contribution is 2.33. The maximum Gasteiger partial charge on any atom is 0.323 e. The fourth-order valence-corrected chi connectivity index (χ4v) is 4.10. The van der Waals surface area contributed by atoms with E-state index in [4.69, 9.17) is 9.84 Å². The third-order valence-corrected chi connectivity index (χ3v) is 5.69. The molecule has 154 valence electrons. The molecule has 1 saturated heterocycles. The Labute approximate surface area is 188 Å². The highest BCUT2D eigenvalue weighted by Gasteiger charge is 2.36. The van der Waals surface area contributed by atoms with Crippen LogP contribution < -0.4 is 4.74 Å². The van der Waals surface area contributed by atoms with Gasteiger partial charge in [-0.15, -0.1) is 0 Å². The van der Waals surface area contributed by atoms with E-state index in [1.54, 1.807) is 30.3 Å². The average molecular weight is 540 g/mol. The summed E-state index contributed by atoms with van der Waals surface area (Å²) in [7, 11) is 0. The molecule has 3 rings (SSSR count). The van der Waals surface area contributed by atoms with Crippen molar-refractivity contribution in [3.63, 3.8) is 0 Å². The van der Waals surface area contributed by atoms with Crippen molar-refractivity contribution in [3.05, 3.63) is 72.2 Å². The predicted octanol–water partition coefficient (Wildman–Crippen LogP) is 3.90. The van der Waals surface area contributed by atoms with Crippen molar-refractivity contribution in [1.82, 2.24) is 4.90 Å². The Balaban J connectivity index is 1.71. The lowest BCUT2D eigenvalue weighted by atomic mass is 10.2. The van der Waals surface area contributed by atoms with E-state index in [1.807, 2.05) is 0 Å². The van der Waals surface area contributed by atoms with Gasteiger partial charge in [0.25, 0.3) is 16.8 Å². The first-order chi connectivity index (χ1) is 14.2. The molecule has 0 saturated carbocycles. The SMILES string of the molecule is O=C(O)CN1C(=O)S/C(=C/c2ccc(OCc3cccc([N+](=O)[O-])c3)c(I)c2)C1=O. The zero-order valence-electron chi connectivity index (χ0n) is 15.1. The van der Waals surface area contributed by atoms with E-state index in [-0.39, 0.29) is 17.2 Å². The summed E-state index contributed by atoms with van der Waals surface area (Å²) >= 11 is 2.74. The molecule has 0 spiro atoms. The zero-order chi connectivity index (χ0) is 21.8. The molecule has 0 bridgehead atoms. The van der Waals surface area contributed by atoms with Gasteiger partial charge in [-0.3, -0.25) is 29.4 Å². The molecule has 1 fully saturated rings. The van der Waals surface area contributed by atoms with E-state index in [0.717, 1.165) is 3.57 Å². The summed E-state index contributed by atoms with van der Waals surface area (Å²) in [6.07, 6.45) is 1.51. The zero-order valence-corrected chi connectivity index (χ0v) is 18.1. The number of carbonyl (C=O) groups excluding carboxylic acids is 2. The van der Waals surface area contributed by atoms with Crippen molar-refractivity contribution >= 4 is 63.2 Å². The Morgan fingerprint density at radius 2 is 2.03 bits per heavy atom. The summed E-state index contributed by atoms with van der Waals surface area (Å²) in [6.45, 7) is -0.533. The molecule has 1 aliphatic rings. The van der Waals surface area contributed by atoms with E-state index in [9.17, 15) is 24.5 Å². The number of carboxylic acid groups (broad SMARTS) is 1. The van der Waals surface area contributed by atoms with Gasteiger partial charge in [0.1, 0.15) is 18.9 Å². The molecular weight excluding hydrogens is 527 g/mol. The van der Waals surface area contributed by atoms with Gasteiger partial charge < -0.3 is 9.84 Å². The summed E-state index contributed by atoms with van der Waals surface area (Å²) in [6, 6.07) is 11.3. The molecule has 0 aromatic heterocycles. The van der Waals surface area contributed by atoms with E-state index in [2.05, 4.69) is 22.6 Å². The van der Waals surface area contributed by atoms with Crippen LogP contribution in [0.25, 0.3) is 6.08 Å². The van der Waals surface area contributed by atoms with Gasteiger partial charge >= 0.3 is 5.97 Å². The number of carbonyl (C=O) groups is 3. The molecule has 1 N–H and O–H groups in total. The number of thioether (sulfide) groups is 1. The Hall–Kier alpha value is -2.93.